The third-order valence-electron chi connectivity index (χ3n) is 12.6. The number of hydrogen-bond donors (Lipinski definition) is 0. The molecule has 0 heterocycles. The van der Waals surface area contributed by atoms with Crippen molar-refractivity contribution in [1.82, 2.24) is 0 Å². The molecule has 0 aromatic heterocycles. The van der Waals surface area contributed by atoms with E-state index in [4.69, 9.17) is 0 Å². The fraction of sp³-hybridized carbons (Fsp3) is 0.636. The first-order valence-corrected chi connectivity index (χ1v) is 18.1. The molecule has 0 saturated heterocycles. The minimum Gasteiger partial charge on any atom is -1.00 e. The summed E-state index contributed by atoms with van der Waals surface area (Å²) in [4.78, 5) is 0. The molecule has 3 heteroatoms. The van der Waals surface area contributed by atoms with Gasteiger partial charge in [-0.05, 0) is 124 Å². The van der Waals surface area contributed by atoms with Crippen molar-refractivity contribution in [3.05, 3.63) is 80.4 Å². The van der Waals surface area contributed by atoms with Gasteiger partial charge in [0, 0.05) is 11.3 Å². The van der Waals surface area contributed by atoms with Gasteiger partial charge in [0.2, 0.25) is 0 Å². The fourth-order valence-corrected chi connectivity index (χ4v) is 10.3. The van der Waals surface area contributed by atoms with Gasteiger partial charge >= 0.3 is 26.2 Å². The van der Waals surface area contributed by atoms with E-state index < -0.39 is 0 Å². The summed E-state index contributed by atoms with van der Waals surface area (Å²) in [5.41, 5.74) is 18.0. The standard InChI is InChI=1S/C44H62.2ClH.Zr/c1-26(2)44(25-36(29-17-15-14-16-18-29)33-21-30(22-39(33)44)41(5,6)7)40-34-19-27(3)37(42(8,9)10)23-31(34)32-24-38(43(11,12)13)28(4)20-35(32)40;;;/h19-20,22-24,26,29,36,40H,14-18,21,25H2,1-13H3;2*1H;/q;;;+2/p-2. The maximum atomic E-state index is 2.75. The van der Waals surface area contributed by atoms with Crippen LogP contribution in [0.25, 0.3) is 11.1 Å². The van der Waals surface area contributed by atoms with E-state index in [0.29, 0.717) is 11.8 Å². The Hall–Kier alpha value is -0.617. The third kappa shape index (κ3) is 6.76. The van der Waals surface area contributed by atoms with Gasteiger partial charge in [-0.3, -0.25) is 0 Å². The molecule has 47 heavy (non-hydrogen) atoms. The molecule has 2 unspecified atom stereocenters. The molecule has 4 aliphatic carbocycles. The summed E-state index contributed by atoms with van der Waals surface area (Å²) in [6.45, 7) is 31.6. The molecule has 2 aromatic carbocycles. The Balaban J connectivity index is 0.00000200. The van der Waals surface area contributed by atoms with Gasteiger partial charge in [-0.25, -0.2) is 0 Å². The average Bonchev–Trinajstić information content (AvgIpc) is 3.56. The number of benzene rings is 2. The minimum atomic E-state index is 0. The van der Waals surface area contributed by atoms with Crippen molar-refractivity contribution in [2.45, 2.75) is 152 Å². The van der Waals surface area contributed by atoms with E-state index in [-0.39, 0.29) is 72.7 Å². The number of fused-ring (bicyclic) bond motifs is 3. The van der Waals surface area contributed by atoms with E-state index in [1.165, 1.54) is 78.3 Å². The summed E-state index contributed by atoms with van der Waals surface area (Å²) >= 11 is 0. The summed E-state index contributed by atoms with van der Waals surface area (Å²) in [5, 5.41) is 0. The van der Waals surface area contributed by atoms with Gasteiger partial charge < -0.3 is 24.8 Å². The zero-order valence-electron chi connectivity index (χ0n) is 31.9. The molecule has 0 nitrogen and oxygen atoms in total. The predicted molar refractivity (Wildman–Crippen MR) is 192 cm³/mol. The Morgan fingerprint density at radius 3 is 1.55 bits per heavy atom. The predicted octanol–water partition coefficient (Wildman–Crippen LogP) is 6.93. The van der Waals surface area contributed by atoms with Crippen molar-refractivity contribution in [2.75, 3.05) is 0 Å². The van der Waals surface area contributed by atoms with Crippen LogP contribution in [0, 0.1) is 42.4 Å². The quantitative estimate of drug-likeness (QED) is 0.319. The molecule has 2 aromatic rings. The SMILES string of the molecule is Cc1cc2c(cc1C(C)(C)C)-c1cc(C(C)(C)C)c(C)cc1C2C1(C(C)C)CC(C2CCCCC2)C2=C1C=C(C(C)(C)C)C2.[Cl-].[Cl-].[Zr+2]. The Kier molecular flexibility index (Phi) is 12.0. The molecule has 0 amide bonds. The Morgan fingerprint density at radius 2 is 1.15 bits per heavy atom. The van der Waals surface area contributed by atoms with Crippen molar-refractivity contribution in [3.8, 4) is 11.1 Å². The van der Waals surface area contributed by atoms with Crippen molar-refractivity contribution < 1.29 is 51.0 Å². The van der Waals surface area contributed by atoms with Gasteiger partial charge in [0.1, 0.15) is 0 Å². The molecular formula is C44H62Cl2Zr. The van der Waals surface area contributed by atoms with Crippen LogP contribution in [-0.4, -0.2) is 0 Å². The Bertz CT molecular complexity index is 1480. The molecule has 0 aliphatic heterocycles. The van der Waals surface area contributed by atoms with Crippen LogP contribution in [0.2, 0.25) is 0 Å². The van der Waals surface area contributed by atoms with Gasteiger partial charge in [0.15, 0.2) is 0 Å². The van der Waals surface area contributed by atoms with Crippen molar-refractivity contribution in [1.29, 1.82) is 0 Å². The van der Waals surface area contributed by atoms with Gasteiger partial charge in [-0.1, -0.05) is 137 Å². The zero-order chi connectivity index (χ0) is 32.1. The molecule has 0 radical (unpaired) electrons. The second-order valence-corrected chi connectivity index (χ2v) is 18.9. The second kappa shape index (κ2) is 13.8. The van der Waals surface area contributed by atoms with E-state index in [1.54, 1.807) is 22.3 Å². The molecule has 2 atom stereocenters. The van der Waals surface area contributed by atoms with E-state index in [9.17, 15) is 0 Å². The number of halogens is 2. The molecule has 0 spiro atoms. The van der Waals surface area contributed by atoms with Crippen LogP contribution in [0.15, 0.2) is 47.1 Å². The molecule has 4 aliphatic rings. The number of hydrogen-bond acceptors (Lipinski definition) is 0. The largest absolute Gasteiger partial charge is 2.00 e. The van der Waals surface area contributed by atoms with Gasteiger partial charge in [0.25, 0.3) is 0 Å². The van der Waals surface area contributed by atoms with Crippen LogP contribution >= 0.6 is 0 Å². The molecule has 1 fully saturated rings. The first-order chi connectivity index (χ1) is 20.4. The van der Waals surface area contributed by atoms with Crippen LogP contribution in [0.3, 0.4) is 0 Å². The number of allylic oxidation sites excluding steroid dienone is 4. The smallest absolute Gasteiger partial charge is 1.00 e. The normalized spacial score (nSPS) is 23.1. The van der Waals surface area contributed by atoms with Crippen LogP contribution in [0.4, 0.5) is 0 Å². The molecule has 0 N–H and O–H groups in total. The monoisotopic (exact) mass is 750 g/mol. The van der Waals surface area contributed by atoms with Crippen molar-refractivity contribution in [2.24, 2.45) is 28.6 Å². The maximum Gasteiger partial charge on any atom is 2.00 e. The van der Waals surface area contributed by atoms with E-state index in [2.05, 4.69) is 120 Å². The van der Waals surface area contributed by atoms with E-state index in [1.807, 2.05) is 5.57 Å². The molecule has 256 valence electrons. The summed E-state index contributed by atoms with van der Waals surface area (Å²) in [5.74, 6) is 2.56. The Labute approximate surface area is 320 Å². The third-order valence-corrected chi connectivity index (χ3v) is 12.6. The minimum absolute atomic E-state index is 0. The molecular weight excluding hydrogens is 691 g/mol. The van der Waals surface area contributed by atoms with Crippen LogP contribution in [0.5, 0.6) is 0 Å². The van der Waals surface area contributed by atoms with Gasteiger partial charge in [-0.15, -0.1) is 0 Å². The number of aryl methyl sites for hydroxylation is 2. The Morgan fingerprint density at radius 1 is 0.681 bits per heavy atom. The second-order valence-electron chi connectivity index (χ2n) is 18.9. The van der Waals surface area contributed by atoms with Crippen LogP contribution in [0.1, 0.15) is 160 Å². The molecule has 1 saturated carbocycles. The van der Waals surface area contributed by atoms with Gasteiger partial charge in [0.05, 0.1) is 0 Å². The molecule has 6 rings (SSSR count). The summed E-state index contributed by atoms with van der Waals surface area (Å²) in [6.07, 6.45) is 12.4. The van der Waals surface area contributed by atoms with Gasteiger partial charge in [-0.2, -0.15) is 0 Å². The summed E-state index contributed by atoms with van der Waals surface area (Å²) < 4.78 is 0. The number of rotatable bonds is 3. The topological polar surface area (TPSA) is 0 Å². The molecule has 0 bridgehead atoms. The van der Waals surface area contributed by atoms with Crippen molar-refractivity contribution in [3.63, 3.8) is 0 Å². The van der Waals surface area contributed by atoms with Crippen LogP contribution in [-0.2, 0) is 37.0 Å². The average molecular weight is 753 g/mol. The zero-order valence-corrected chi connectivity index (χ0v) is 35.9. The van der Waals surface area contributed by atoms with E-state index in [0.717, 1.165) is 11.8 Å². The first kappa shape index (κ1) is 40.8. The van der Waals surface area contributed by atoms with Crippen molar-refractivity contribution >= 4 is 0 Å². The summed E-state index contributed by atoms with van der Waals surface area (Å²) in [7, 11) is 0. The first-order valence-electron chi connectivity index (χ1n) is 18.1. The van der Waals surface area contributed by atoms with Crippen LogP contribution < -0.4 is 24.8 Å². The summed E-state index contributed by atoms with van der Waals surface area (Å²) in [6, 6.07) is 10.5. The maximum absolute atomic E-state index is 2.75. The fourth-order valence-electron chi connectivity index (χ4n) is 10.3. The van der Waals surface area contributed by atoms with E-state index >= 15 is 0 Å².